The van der Waals surface area contributed by atoms with Crippen molar-refractivity contribution in [2.45, 2.75) is 11.8 Å². The number of rotatable bonds is 8. The van der Waals surface area contributed by atoms with Crippen LogP contribution >= 0.6 is 11.3 Å². The maximum Gasteiger partial charge on any atom is 0.270 e. The second-order valence-corrected chi connectivity index (χ2v) is 10.3. The number of anilines is 1. The van der Waals surface area contributed by atoms with E-state index in [0.717, 1.165) is 16.9 Å². The Hall–Kier alpha value is -2.89. The number of likely N-dealkylation sites (N-methyl/N-ethyl adjacent to an activating group) is 1. The van der Waals surface area contributed by atoms with E-state index in [4.69, 9.17) is 0 Å². The lowest BCUT2D eigenvalue weighted by Crippen LogP contribution is -2.40. The summed E-state index contributed by atoms with van der Waals surface area (Å²) < 4.78 is 26.1. The van der Waals surface area contributed by atoms with Gasteiger partial charge in [-0.1, -0.05) is 29.0 Å². The Morgan fingerprint density at radius 2 is 1.81 bits per heavy atom. The van der Waals surface area contributed by atoms with Crippen LogP contribution in [-0.4, -0.2) is 62.1 Å². The lowest BCUT2D eigenvalue weighted by Gasteiger charge is -2.22. The van der Waals surface area contributed by atoms with E-state index in [1.807, 2.05) is 25.9 Å². The summed E-state index contributed by atoms with van der Waals surface area (Å²) >= 11 is 1.12. The van der Waals surface area contributed by atoms with Gasteiger partial charge in [0.1, 0.15) is 5.75 Å². The number of nitro benzene ring substituents is 1. The van der Waals surface area contributed by atoms with Crippen LogP contribution in [0, 0.1) is 17.0 Å². The van der Waals surface area contributed by atoms with Crippen molar-refractivity contribution in [2.24, 2.45) is 0 Å². The van der Waals surface area contributed by atoms with Crippen molar-refractivity contribution < 1.29 is 18.1 Å². The quantitative estimate of drug-likeness (QED) is 0.373. The van der Waals surface area contributed by atoms with Gasteiger partial charge in [0, 0.05) is 25.2 Å². The van der Waals surface area contributed by atoms with Crippen LogP contribution < -0.4 is 4.90 Å². The molecule has 0 aliphatic carbocycles. The minimum absolute atomic E-state index is 0.0733. The highest BCUT2D eigenvalue weighted by molar-refractivity contribution is 7.92. The van der Waals surface area contributed by atoms with E-state index in [1.165, 1.54) is 35.2 Å². The summed E-state index contributed by atoms with van der Waals surface area (Å²) in [5.41, 5.74) is 1.35. The number of aryl methyl sites for hydroxylation is 1. The molecule has 0 radical (unpaired) electrons. The zero-order chi connectivity index (χ0) is 22.8. The normalized spacial score (nSPS) is 11.7. The number of hydrogen-bond acceptors (Lipinski definition) is 8. The van der Waals surface area contributed by atoms with Crippen LogP contribution in [0.25, 0.3) is 10.2 Å². The Labute approximate surface area is 184 Å². The fourth-order valence-corrected chi connectivity index (χ4v) is 5.07. The molecule has 1 amide bonds. The molecule has 0 N–H and O–H groups in total. The number of carbonyl (C=O) groups excluding carboxylic acids is 1. The van der Waals surface area contributed by atoms with Crippen molar-refractivity contribution in [2.75, 3.05) is 37.8 Å². The molecule has 31 heavy (non-hydrogen) atoms. The van der Waals surface area contributed by atoms with Gasteiger partial charge in [-0.3, -0.25) is 19.8 Å². The van der Waals surface area contributed by atoms with Gasteiger partial charge in [-0.25, -0.2) is 13.4 Å². The van der Waals surface area contributed by atoms with Gasteiger partial charge in [-0.2, -0.15) is 0 Å². The lowest BCUT2D eigenvalue weighted by molar-refractivity contribution is -0.384. The number of nitrogens with zero attached hydrogens (tertiary/aromatic N) is 4. The van der Waals surface area contributed by atoms with Gasteiger partial charge in [-0.15, -0.1) is 0 Å². The topological polar surface area (TPSA) is 114 Å². The molecule has 0 saturated carbocycles. The number of nitro groups is 1. The second-order valence-electron chi connectivity index (χ2n) is 7.33. The fraction of sp³-hybridized carbons (Fsp3) is 0.300. The average molecular weight is 463 g/mol. The van der Waals surface area contributed by atoms with Gasteiger partial charge in [0.25, 0.3) is 5.69 Å². The van der Waals surface area contributed by atoms with Crippen molar-refractivity contribution in [3.05, 3.63) is 58.1 Å². The van der Waals surface area contributed by atoms with Gasteiger partial charge in [0.05, 0.1) is 20.0 Å². The van der Waals surface area contributed by atoms with E-state index in [-0.39, 0.29) is 17.1 Å². The first-order valence-corrected chi connectivity index (χ1v) is 11.8. The predicted octanol–water partition coefficient (Wildman–Crippen LogP) is 2.88. The van der Waals surface area contributed by atoms with Crippen molar-refractivity contribution in [3.63, 3.8) is 0 Å². The van der Waals surface area contributed by atoms with Gasteiger partial charge in [0.2, 0.25) is 5.91 Å². The zero-order valence-corrected chi connectivity index (χ0v) is 18.9. The molecule has 0 unspecified atom stereocenters. The van der Waals surface area contributed by atoms with E-state index in [2.05, 4.69) is 4.98 Å². The smallest absolute Gasteiger partial charge is 0.270 e. The van der Waals surface area contributed by atoms with Gasteiger partial charge in [-0.05, 0) is 39.2 Å². The van der Waals surface area contributed by atoms with E-state index >= 15 is 0 Å². The highest BCUT2D eigenvalue weighted by Gasteiger charge is 2.27. The first-order valence-electron chi connectivity index (χ1n) is 9.36. The summed E-state index contributed by atoms with van der Waals surface area (Å²) in [5, 5.41) is 11.3. The molecule has 164 valence electrons. The minimum atomic E-state index is -3.83. The third-order valence-electron chi connectivity index (χ3n) is 4.57. The molecule has 0 aliphatic heterocycles. The molecule has 0 bridgehead atoms. The number of carbonyl (C=O) groups is 1. The average Bonchev–Trinajstić information content (AvgIpc) is 3.10. The summed E-state index contributed by atoms with van der Waals surface area (Å²) in [5.74, 6) is -1.30. The Morgan fingerprint density at radius 3 is 2.42 bits per heavy atom. The summed E-state index contributed by atoms with van der Waals surface area (Å²) in [4.78, 5) is 31.3. The summed E-state index contributed by atoms with van der Waals surface area (Å²) in [6.07, 6.45) is 0. The molecule has 0 fully saturated rings. The van der Waals surface area contributed by atoms with Crippen LogP contribution in [0.5, 0.6) is 0 Å². The molecule has 0 saturated heterocycles. The molecular weight excluding hydrogens is 440 g/mol. The maximum atomic E-state index is 13.1. The summed E-state index contributed by atoms with van der Waals surface area (Å²) in [6.45, 7) is 2.57. The van der Waals surface area contributed by atoms with Gasteiger partial charge in [0.15, 0.2) is 15.0 Å². The van der Waals surface area contributed by atoms with Crippen LogP contribution in [0.15, 0.2) is 47.4 Å². The number of amides is 1. The molecule has 0 aliphatic rings. The number of aromatic nitrogens is 1. The standard InChI is InChI=1S/C20H22N4O5S2/c1-14-4-7-16(8-5-14)31(28,29)13-19(25)23(11-10-22(2)3)20-21-17-9-6-15(24(26)27)12-18(17)30-20/h4-9,12H,10-11,13H2,1-3H3. The Morgan fingerprint density at radius 1 is 1.13 bits per heavy atom. The first kappa shape index (κ1) is 22.8. The van der Waals surface area contributed by atoms with Crippen LogP contribution in [0.4, 0.5) is 10.8 Å². The molecule has 1 aromatic heterocycles. The molecule has 11 heteroatoms. The van der Waals surface area contributed by atoms with Crippen LogP contribution in [0.1, 0.15) is 5.56 Å². The number of non-ortho nitro benzene ring substituents is 1. The monoisotopic (exact) mass is 462 g/mol. The fourth-order valence-electron chi connectivity index (χ4n) is 2.83. The molecule has 0 spiro atoms. The number of benzene rings is 2. The van der Waals surface area contributed by atoms with Crippen LogP contribution in [0.2, 0.25) is 0 Å². The molecule has 1 heterocycles. The number of thiazole rings is 1. The van der Waals surface area contributed by atoms with E-state index in [9.17, 15) is 23.3 Å². The third kappa shape index (κ3) is 5.43. The van der Waals surface area contributed by atoms with Crippen LogP contribution in [-0.2, 0) is 14.6 Å². The third-order valence-corrected chi connectivity index (χ3v) is 7.23. The lowest BCUT2D eigenvalue weighted by atomic mass is 10.2. The first-order chi connectivity index (χ1) is 14.6. The Kier molecular flexibility index (Phi) is 6.68. The Bertz CT molecular complexity index is 1220. The maximum absolute atomic E-state index is 13.1. The largest absolute Gasteiger partial charge is 0.308 e. The summed E-state index contributed by atoms with van der Waals surface area (Å²) in [6, 6.07) is 10.6. The molecule has 2 aromatic carbocycles. The number of hydrogen-bond donors (Lipinski definition) is 0. The molecule has 9 nitrogen and oxygen atoms in total. The SMILES string of the molecule is Cc1ccc(S(=O)(=O)CC(=O)N(CCN(C)C)c2nc3ccc([N+](=O)[O-])cc3s2)cc1. The van der Waals surface area contributed by atoms with E-state index < -0.39 is 26.4 Å². The number of sulfone groups is 1. The van der Waals surface area contributed by atoms with Gasteiger partial charge < -0.3 is 4.90 Å². The van der Waals surface area contributed by atoms with Crippen molar-refractivity contribution in [3.8, 4) is 0 Å². The van der Waals surface area contributed by atoms with Crippen molar-refractivity contribution >= 4 is 48.1 Å². The van der Waals surface area contributed by atoms with Crippen LogP contribution in [0.3, 0.4) is 0 Å². The van der Waals surface area contributed by atoms with Crippen molar-refractivity contribution in [1.82, 2.24) is 9.88 Å². The zero-order valence-electron chi connectivity index (χ0n) is 17.3. The highest BCUT2D eigenvalue weighted by Crippen LogP contribution is 2.31. The second kappa shape index (κ2) is 9.08. The highest BCUT2D eigenvalue weighted by atomic mass is 32.2. The minimum Gasteiger partial charge on any atom is -0.308 e. The molecule has 0 atom stereocenters. The molecular formula is C20H22N4O5S2. The van der Waals surface area contributed by atoms with E-state index in [1.54, 1.807) is 12.1 Å². The molecule has 3 aromatic rings. The number of fused-ring (bicyclic) bond motifs is 1. The summed E-state index contributed by atoms with van der Waals surface area (Å²) in [7, 11) is -0.152. The van der Waals surface area contributed by atoms with Gasteiger partial charge >= 0.3 is 0 Å². The Balaban J connectivity index is 1.92. The van der Waals surface area contributed by atoms with E-state index in [0.29, 0.717) is 21.9 Å². The van der Waals surface area contributed by atoms with Crippen molar-refractivity contribution in [1.29, 1.82) is 0 Å². The molecule has 3 rings (SSSR count). The predicted molar refractivity (Wildman–Crippen MR) is 120 cm³/mol.